The van der Waals surface area contributed by atoms with E-state index in [1.54, 1.807) is 30.4 Å². The third-order valence-corrected chi connectivity index (χ3v) is 5.27. The number of H-pyrrole nitrogens is 1. The second-order valence-corrected chi connectivity index (χ2v) is 8.01. The lowest BCUT2D eigenvalue weighted by Crippen LogP contribution is -2.43. The smallest absolute Gasteiger partial charge is 0.255 e. The molecule has 1 N–H and O–H groups in total. The zero-order chi connectivity index (χ0) is 20.3. The van der Waals surface area contributed by atoms with Gasteiger partial charge in [-0.05, 0) is 42.8 Å². The summed E-state index contributed by atoms with van der Waals surface area (Å²) in [6.07, 6.45) is 3.40. The Morgan fingerprint density at radius 1 is 1.07 bits per heavy atom. The zero-order valence-electron chi connectivity index (χ0n) is 16.3. The first kappa shape index (κ1) is 20.1. The Labute approximate surface area is 173 Å². The van der Waals surface area contributed by atoms with E-state index in [0.29, 0.717) is 24.2 Å². The van der Waals surface area contributed by atoms with Crippen molar-refractivity contribution >= 4 is 38.5 Å². The summed E-state index contributed by atoms with van der Waals surface area (Å²) in [6.45, 7) is 4.90. The average molecular weight is 442 g/mol. The molecule has 0 saturated carbocycles. The molecule has 0 aliphatic carbocycles. The number of aromatic nitrogens is 1. The highest BCUT2D eigenvalue weighted by molar-refractivity contribution is 9.10. The SMILES string of the molecule is CC(C)N(CCN(C)C(=O)c1cc[nH]c1)C(=O)c1cc(Br)cc2ccccc12. The maximum atomic E-state index is 13.4. The van der Waals surface area contributed by atoms with Crippen LogP contribution in [0.25, 0.3) is 10.8 Å². The van der Waals surface area contributed by atoms with Crippen LogP contribution in [0.3, 0.4) is 0 Å². The highest BCUT2D eigenvalue weighted by Crippen LogP contribution is 2.26. The van der Waals surface area contributed by atoms with Crippen LogP contribution in [0.1, 0.15) is 34.6 Å². The van der Waals surface area contributed by atoms with Crippen molar-refractivity contribution in [1.29, 1.82) is 0 Å². The van der Waals surface area contributed by atoms with Gasteiger partial charge in [-0.15, -0.1) is 0 Å². The first-order valence-electron chi connectivity index (χ1n) is 9.26. The van der Waals surface area contributed by atoms with Gasteiger partial charge in [-0.2, -0.15) is 0 Å². The first-order chi connectivity index (χ1) is 13.4. The molecular formula is C22H24BrN3O2. The lowest BCUT2D eigenvalue weighted by molar-refractivity contribution is 0.0647. The number of likely N-dealkylation sites (N-methyl/N-ethyl adjacent to an activating group) is 1. The largest absolute Gasteiger partial charge is 0.367 e. The highest BCUT2D eigenvalue weighted by atomic mass is 79.9. The molecule has 0 fully saturated rings. The minimum atomic E-state index is -0.0645. The van der Waals surface area contributed by atoms with E-state index in [-0.39, 0.29) is 17.9 Å². The van der Waals surface area contributed by atoms with Crippen molar-refractivity contribution in [3.63, 3.8) is 0 Å². The number of carbonyl (C=O) groups excluding carboxylic acids is 2. The van der Waals surface area contributed by atoms with Crippen molar-refractivity contribution in [2.45, 2.75) is 19.9 Å². The van der Waals surface area contributed by atoms with Crippen molar-refractivity contribution in [2.75, 3.05) is 20.1 Å². The van der Waals surface area contributed by atoms with Gasteiger partial charge in [0.25, 0.3) is 11.8 Å². The quantitative estimate of drug-likeness (QED) is 0.609. The van der Waals surface area contributed by atoms with Gasteiger partial charge in [0.05, 0.1) is 5.56 Å². The number of hydrogen-bond acceptors (Lipinski definition) is 2. The molecule has 146 valence electrons. The van der Waals surface area contributed by atoms with Crippen LogP contribution in [0.4, 0.5) is 0 Å². The number of hydrogen-bond donors (Lipinski definition) is 1. The van der Waals surface area contributed by atoms with Gasteiger partial charge in [0, 0.05) is 48.6 Å². The normalized spacial score (nSPS) is 11.0. The Hall–Kier alpha value is -2.60. The molecule has 0 spiro atoms. The van der Waals surface area contributed by atoms with Crippen LogP contribution in [-0.4, -0.2) is 52.8 Å². The average Bonchev–Trinajstić information content (AvgIpc) is 3.20. The van der Waals surface area contributed by atoms with Crippen molar-refractivity contribution in [2.24, 2.45) is 0 Å². The van der Waals surface area contributed by atoms with Crippen molar-refractivity contribution in [3.8, 4) is 0 Å². The third kappa shape index (κ3) is 4.28. The fourth-order valence-corrected chi connectivity index (χ4v) is 3.71. The minimum absolute atomic E-state index is 0.0148. The van der Waals surface area contributed by atoms with Crippen molar-refractivity contribution in [1.82, 2.24) is 14.8 Å². The minimum Gasteiger partial charge on any atom is -0.367 e. The van der Waals surface area contributed by atoms with Crippen molar-refractivity contribution < 1.29 is 9.59 Å². The van der Waals surface area contributed by atoms with Crippen LogP contribution in [0.15, 0.2) is 59.3 Å². The molecule has 0 unspecified atom stereocenters. The molecule has 0 aliphatic rings. The molecule has 0 bridgehead atoms. The molecule has 0 saturated heterocycles. The van der Waals surface area contributed by atoms with E-state index in [4.69, 9.17) is 0 Å². The molecule has 0 atom stereocenters. The standard InChI is InChI=1S/C22H24BrN3O2/c1-15(2)26(11-10-25(3)21(27)17-8-9-24-14-17)22(28)20-13-18(23)12-16-6-4-5-7-19(16)20/h4-9,12-15,24H,10-11H2,1-3H3. The number of carbonyl (C=O) groups is 2. The maximum Gasteiger partial charge on any atom is 0.255 e. The second kappa shape index (κ2) is 8.61. The highest BCUT2D eigenvalue weighted by Gasteiger charge is 2.22. The number of nitrogens with zero attached hydrogens (tertiary/aromatic N) is 2. The predicted molar refractivity (Wildman–Crippen MR) is 116 cm³/mol. The summed E-state index contributed by atoms with van der Waals surface area (Å²) in [5.74, 6) is -0.0969. The van der Waals surface area contributed by atoms with Gasteiger partial charge in [-0.1, -0.05) is 40.2 Å². The Kier molecular flexibility index (Phi) is 6.19. The molecule has 0 aliphatic heterocycles. The molecule has 28 heavy (non-hydrogen) atoms. The summed E-state index contributed by atoms with van der Waals surface area (Å²) < 4.78 is 0.873. The Balaban J connectivity index is 1.81. The third-order valence-electron chi connectivity index (χ3n) is 4.81. The summed E-state index contributed by atoms with van der Waals surface area (Å²) in [4.78, 5) is 32.2. The monoisotopic (exact) mass is 441 g/mol. The maximum absolute atomic E-state index is 13.4. The molecule has 3 rings (SSSR count). The summed E-state index contributed by atoms with van der Waals surface area (Å²) >= 11 is 3.51. The second-order valence-electron chi connectivity index (χ2n) is 7.09. The zero-order valence-corrected chi connectivity index (χ0v) is 17.9. The molecule has 3 aromatic rings. The van der Waals surface area contributed by atoms with Gasteiger partial charge >= 0.3 is 0 Å². The van der Waals surface area contributed by atoms with Gasteiger partial charge < -0.3 is 14.8 Å². The number of fused-ring (bicyclic) bond motifs is 1. The molecule has 1 aromatic heterocycles. The Morgan fingerprint density at radius 3 is 2.50 bits per heavy atom. The van der Waals surface area contributed by atoms with E-state index in [9.17, 15) is 9.59 Å². The van der Waals surface area contributed by atoms with E-state index >= 15 is 0 Å². The molecule has 2 amide bonds. The van der Waals surface area contributed by atoms with Crippen LogP contribution in [0.5, 0.6) is 0 Å². The topological polar surface area (TPSA) is 56.4 Å². The summed E-state index contributed by atoms with van der Waals surface area (Å²) in [5.41, 5.74) is 1.28. The number of rotatable bonds is 6. The molecule has 1 heterocycles. The fraction of sp³-hybridized carbons (Fsp3) is 0.273. The molecule has 2 aromatic carbocycles. The van der Waals surface area contributed by atoms with Gasteiger partial charge in [-0.3, -0.25) is 9.59 Å². The van der Waals surface area contributed by atoms with Crippen LogP contribution in [0, 0.1) is 0 Å². The van der Waals surface area contributed by atoms with Crippen LogP contribution in [-0.2, 0) is 0 Å². The van der Waals surface area contributed by atoms with Crippen LogP contribution in [0.2, 0.25) is 0 Å². The van der Waals surface area contributed by atoms with Crippen LogP contribution < -0.4 is 0 Å². The predicted octanol–water partition coefficient (Wildman–Crippen LogP) is 4.55. The van der Waals surface area contributed by atoms with E-state index < -0.39 is 0 Å². The van der Waals surface area contributed by atoms with Gasteiger partial charge in [0.2, 0.25) is 0 Å². The lowest BCUT2D eigenvalue weighted by atomic mass is 10.0. The number of nitrogens with one attached hydrogen (secondary N) is 1. The lowest BCUT2D eigenvalue weighted by Gasteiger charge is -2.29. The van der Waals surface area contributed by atoms with E-state index in [0.717, 1.165) is 15.2 Å². The summed E-state index contributed by atoms with van der Waals surface area (Å²) in [7, 11) is 1.76. The van der Waals surface area contributed by atoms with Gasteiger partial charge in [-0.25, -0.2) is 0 Å². The van der Waals surface area contributed by atoms with E-state index in [2.05, 4.69) is 20.9 Å². The number of halogens is 1. The number of amides is 2. The molecule has 6 heteroatoms. The van der Waals surface area contributed by atoms with Crippen molar-refractivity contribution in [3.05, 3.63) is 70.5 Å². The Bertz CT molecular complexity index is 983. The van der Waals surface area contributed by atoms with Gasteiger partial charge in [0.15, 0.2) is 0 Å². The molecule has 0 radical (unpaired) electrons. The van der Waals surface area contributed by atoms with Gasteiger partial charge in [0.1, 0.15) is 0 Å². The molecule has 5 nitrogen and oxygen atoms in total. The number of benzene rings is 2. The summed E-state index contributed by atoms with van der Waals surface area (Å²) in [6, 6.07) is 13.5. The molecular weight excluding hydrogens is 418 g/mol. The summed E-state index contributed by atoms with van der Waals surface area (Å²) in [5, 5.41) is 1.95. The van der Waals surface area contributed by atoms with E-state index in [1.807, 2.05) is 55.1 Å². The Morgan fingerprint density at radius 2 is 1.82 bits per heavy atom. The fourth-order valence-electron chi connectivity index (χ4n) is 3.24. The first-order valence-corrected chi connectivity index (χ1v) is 10.1. The number of aromatic amines is 1. The van der Waals surface area contributed by atoms with Crippen LogP contribution >= 0.6 is 15.9 Å². The van der Waals surface area contributed by atoms with E-state index in [1.165, 1.54) is 0 Å².